The normalized spacial score (nSPS) is 23.6. The third-order valence-electron chi connectivity index (χ3n) is 3.25. The van der Waals surface area contributed by atoms with Gasteiger partial charge in [0.15, 0.2) is 0 Å². The molecule has 2 rings (SSSR count). The van der Waals surface area contributed by atoms with Crippen LogP contribution in [-0.2, 0) is 4.74 Å². The topological polar surface area (TPSA) is 43.4 Å². The van der Waals surface area contributed by atoms with E-state index < -0.39 is 0 Å². The van der Waals surface area contributed by atoms with Gasteiger partial charge in [-0.05, 0) is 55.3 Å². The van der Waals surface area contributed by atoms with Crippen LogP contribution in [0.1, 0.15) is 27.2 Å². The van der Waals surface area contributed by atoms with Crippen LogP contribution in [0.25, 0.3) is 0 Å². The van der Waals surface area contributed by atoms with Gasteiger partial charge in [-0.25, -0.2) is 4.98 Å². The summed E-state index contributed by atoms with van der Waals surface area (Å²) in [5, 5.41) is 3.60. The predicted octanol–water partition coefficient (Wildman–Crippen LogP) is 2.77. The van der Waals surface area contributed by atoms with Crippen LogP contribution in [0.2, 0.25) is 0 Å². The molecule has 0 spiro atoms. The summed E-state index contributed by atoms with van der Waals surface area (Å²) in [6, 6.07) is 4.19. The maximum Gasteiger partial charge on any atom is 0.227 e. The van der Waals surface area contributed by atoms with Gasteiger partial charge in [0, 0.05) is 24.4 Å². The van der Waals surface area contributed by atoms with E-state index in [1.807, 2.05) is 12.1 Å². The lowest BCUT2D eigenvalue weighted by molar-refractivity contribution is 0.0998. The number of aromatic nitrogens is 1. The van der Waals surface area contributed by atoms with E-state index in [0.717, 1.165) is 17.5 Å². The number of nitrogens with zero attached hydrogens (tertiary/aromatic N) is 1. The molecular formula is C14H21BrN2O2. The Morgan fingerprint density at radius 1 is 1.58 bits per heavy atom. The monoisotopic (exact) mass is 328 g/mol. The van der Waals surface area contributed by atoms with Gasteiger partial charge in [0.2, 0.25) is 5.88 Å². The molecule has 0 saturated carbocycles. The molecule has 19 heavy (non-hydrogen) atoms. The van der Waals surface area contributed by atoms with Crippen LogP contribution in [0.3, 0.4) is 0 Å². The lowest BCUT2D eigenvalue weighted by Crippen LogP contribution is -2.52. The Morgan fingerprint density at radius 3 is 3.00 bits per heavy atom. The molecule has 1 aliphatic rings. The molecule has 0 radical (unpaired) electrons. The number of pyridine rings is 1. The van der Waals surface area contributed by atoms with E-state index >= 15 is 0 Å². The average Bonchev–Trinajstić information content (AvgIpc) is 2.73. The molecule has 1 N–H and O–H groups in total. The zero-order valence-corrected chi connectivity index (χ0v) is 13.2. The Kier molecular flexibility index (Phi) is 4.81. The van der Waals surface area contributed by atoms with Crippen LogP contribution in [-0.4, -0.2) is 35.9 Å². The summed E-state index contributed by atoms with van der Waals surface area (Å²) in [4.78, 5) is 4.21. The first-order chi connectivity index (χ1) is 8.98. The van der Waals surface area contributed by atoms with E-state index in [2.05, 4.69) is 47.0 Å². The Bertz CT molecular complexity index is 426. The van der Waals surface area contributed by atoms with E-state index in [0.29, 0.717) is 18.5 Å². The van der Waals surface area contributed by atoms with Crippen molar-refractivity contribution in [2.75, 3.05) is 13.2 Å². The number of hydrogen-bond donors (Lipinski definition) is 1. The van der Waals surface area contributed by atoms with E-state index in [4.69, 9.17) is 9.47 Å². The minimum atomic E-state index is -0.121. The molecule has 1 aliphatic heterocycles. The van der Waals surface area contributed by atoms with Gasteiger partial charge in [0.1, 0.15) is 6.61 Å². The van der Waals surface area contributed by atoms with Crippen molar-refractivity contribution in [2.45, 2.75) is 44.9 Å². The highest BCUT2D eigenvalue weighted by Crippen LogP contribution is 2.22. The Balaban J connectivity index is 1.88. The standard InChI is InChI=1S/C14H21BrN2O2/c1-10-12(6-8-18-10)17-14(2,3)9-19-13-11(15)5-4-7-16-13/h4-5,7,10,12,17H,6,8-9H2,1-3H3/t10-,12-/m0/s1. The molecule has 1 aromatic heterocycles. The zero-order chi connectivity index (χ0) is 13.9. The molecule has 0 amide bonds. The van der Waals surface area contributed by atoms with Gasteiger partial charge >= 0.3 is 0 Å². The van der Waals surface area contributed by atoms with Crippen LogP contribution in [0.5, 0.6) is 5.88 Å². The highest BCUT2D eigenvalue weighted by Gasteiger charge is 2.30. The highest BCUT2D eigenvalue weighted by molar-refractivity contribution is 9.10. The number of rotatable bonds is 5. The van der Waals surface area contributed by atoms with Crippen molar-refractivity contribution in [1.29, 1.82) is 0 Å². The molecule has 1 fully saturated rings. The molecule has 4 nitrogen and oxygen atoms in total. The van der Waals surface area contributed by atoms with Crippen molar-refractivity contribution in [2.24, 2.45) is 0 Å². The van der Waals surface area contributed by atoms with Gasteiger partial charge in [-0.15, -0.1) is 0 Å². The smallest absolute Gasteiger partial charge is 0.227 e. The number of hydrogen-bond acceptors (Lipinski definition) is 4. The summed E-state index contributed by atoms with van der Waals surface area (Å²) in [7, 11) is 0. The van der Waals surface area contributed by atoms with Crippen molar-refractivity contribution in [3.8, 4) is 5.88 Å². The number of nitrogens with one attached hydrogen (secondary N) is 1. The molecule has 0 bridgehead atoms. The van der Waals surface area contributed by atoms with Gasteiger partial charge in [0.25, 0.3) is 0 Å². The molecular weight excluding hydrogens is 308 g/mol. The Hall–Kier alpha value is -0.650. The van der Waals surface area contributed by atoms with Gasteiger partial charge in [0.05, 0.1) is 10.6 Å². The van der Waals surface area contributed by atoms with Gasteiger partial charge in [-0.3, -0.25) is 0 Å². The molecule has 2 atom stereocenters. The minimum Gasteiger partial charge on any atom is -0.475 e. The largest absolute Gasteiger partial charge is 0.475 e. The van der Waals surface area contributed by atoms with Crippen LogP contribution >= 0.6 is 15.9 Å². The van der Waals surface area contributed by atoms with Crippen molar-refractivity contribution in [3.63, 3.8) is 0 Å². The van der Waals surface area contributed by atoms with E-state index in [1.165, 1.54) is 0 Å². The van der Waals surface area contributed by atoms with Gasteiger partial charge in [-0.1, -0.05) is 0 Å². The van der Waals surface area contributed by atoms with Crippen molar-refractivity contribution in [1.82, 2.24) is 10.3 Å². The Labute approximate surface area is 123 Å². The maximum absolute atomic E-state index is 5.79. The van der Waals surface area contributed by atoms with Gasteiger partial charge in [-0.2, -0.15) is 0 Å². The fourth-order valence-electron chi connectivity index (χ4n) is 2.19. The number of ether oxygens (including phenoxy) is 2. The Morgan fingerprint density at radius 2 is 2.37 bits per heavy atom. The molecule has 0 unspecified atom stereocenters. The second kappa shape index (κ2) is 6.20. The van der Waals surface area contributed by atoms with Crippen molar-refractivity contribution < 1.29 is 9.47 Å². The first-order valence-corrected chi connectivity index (χ1v) is 7.40. The zero-order valence-electron chi connectivity index (χ0n) is 11.6. The summed E-state index contributed by atoms with van der Waals surface area (Å²) in [6.07, 6.45) is 3.05. The van der Waals surface area contributed by atoms with Gasteiger partial charge < -0.3 is 14.8 Å². The second-order valence-corrected chi connectivity index (χ2v) is 6.43. The maximum atomic E-state index is 5.79. The molecule has 2 heterocycles. The third kappa shape index (κ3) is 4.16. The first-order valence-electron chi connectivity index (χ1n) is 6.60. The second-order valence-electron chi connectivity index (χ2n) is 5.58. The lowest BCUT2D eigenvalue weighted by atomic mass is 10.0. The fourth-order valence-corrected chi connectivity index (χ4v) is 2.56. The van der Waals surface area contributed by atoms with Crippen molar-refractivity contribution >= 4 is 15.9 Å². The molecule has 0 aliphatic carbocycles. The summed E-state index contributed by atoms with van der Waals surface area (Å²) in [5.74, 6) is 0.632. The third-order valence-corrected chi connectivity index (χ3v) is 3.85. The highest BCUT2D eigenvalue weighted by atomic mass is 79.9. The summed E-state index contributed by atoms with van der Waals surface area (Å²) >= 11 is 3.43. The summed E-state index contributed by atoms with van der Waals surface area (Å²) < 4.78 is 12.2. The van der Waals surface area contributed by atoms with Crippen LogP contribution < -0.4 is 10.1 Å². The summed E-state index contributed by atoms with van der Waals surface area (Å²) in [6.45, 7) is 7.77. The molecule has 5 heteroatoms. The average molecular weight is 329 g/mol. The predicted molar refractivity (Wildman–Crippen MR) is 78.5 cm³/mol. The lowest BCUT2D eigenvalue weighted by Gasteiger charge is -2.31. The van der Waals surface area contributed by atoms with E-state index in [9.17, 15) is 0 Å². The fraction of sp³-hybridized carbons (Fsp3) is 0.643. The SMILES string of the molecule is C[C@@H]1OCC[C@@H]1NC(C)(C)COc1ncccc1Br. The van der Waals surface area contributed by atoms with E-state index in [1.54, 1.807) is 6.20 Å². The quantitative estimate of drug-likeness (QED) is 0.902. The van der Waals surface area contributed by atoms with Crippen LogP contribution in [0, 0.1) is 0 Å². The first kappa shape index (κ1) is 14.8. The van der Waals surface area contributed by atoms with Crippen LogP contribution in [0.4, 0.5) is 0 Å². The number of halogens is 1. The summed E-state index contributed by atoms with van der Waals surface area (Å²) in [5.41, 5.74) is -0.121. The molecule has 1 aromatic rings. The molecule has 0 aromatic carbocycles. The van der Waals surface area contributed by atoms with Crippen LogP contribution in [0.15, 0.2) is 22.8 Å². The van der Waals surface area contributed by atoms with E-state index in [-0.39, 0.29) is 11.6 Å². The minimum absolute atomic E-state index is 0.121. The molecule has 1 saturated heterocycles. The molecule has 106 valence electrons. The van der Waals surface area contributed by atoms with Crippen molar-refractivity contribution in [3.05, 3.63) is 22.8 Å².